The Morgan fingerprint density at radius 1 is 1.20 bits per heavy atom. The van der Waals surface area contributed by atoms with Crippen LogP contribution >= 0.6 is 0 Å². The minimum atomic E-state index is -2.48. The molecular weight excluding hydrogens is 198 g/mol. The van der Waals surface area contributed by atoms with Crippen molar-refractivity contribution < 1.29 is 13.5 Å². The van der Waals surface area contributed by atoms with E-state index in [1.54, 1.807) is 7.11 Å². The molecule has 0 heterocycles. The van der Waals surface area contributed by atoms with Crippen molar-refractivity contribution in [3.63, 3.8) is 0 Å². The van der Waals surface area contributed by atoms with Gasteiger partial charge in [-0.15, -0.1) is 0 Å². The molecule has 0 bridgehead atoms. The first kappa shape index (κ1) is 12.9. The van der Waals surface area contributed by atoms with Gasteiger partial charge < -0.3 is 4.74 Å². The summed E-state index contributed by atoms with van der Waals surface area (Å²) in [6.07, 6.45) is 6.33. The van der Waals surface area contributed by atoms with E-state index in [0.717, 1.165) is 32.8 Å². The van der Waals surface area contributed by atoms with Crippen molar-refractivity contribution in [3.8, 4) is 0 Å². The fourth-order valence-corrected chi connectivity index (χ4v) is 2.06. The van der Waals surface area contributed by atoms with Crippen LogP contribution in [0.5, 0.6) is 0 Å². The van der Waals surface area contributed by atoms with Crippen molar-refractivity contribution in [1.29, 1.82) is 0 Å². The summed E-state index contributed by atoms with van der Waals surface area (Å²) >= 11 is 0. The summed E-state index contributed by atoms with van der Waals surface area (Å²) in [5.41, 5.74) is 0.420. The summed E-state index contributed by atoms with van der Waals surface area (Å²) in [6, 6.07) is 0. The molecule has 0 aromatic rings. The maximum atomic E-state index is 12.5. The van der Waals surface area contributed by atoms with Gasteiger partial charge in [0, 0.05) is 13.5 Å². The zero-order valence-corrected chi connectivity index (χ0v) is 9.82. The highest BCUT2D eigenvalue weighted by Gasteiger charge is 2.41. The summed E-state index contributed by atoms with van der Waals surface area (Å²) < 4.78 is 30.2. The van der Waals surface area contributed by atoms with Crippen molar-refractivity contribution in [3.05, 3.63) is 0 Å². The zero-order valence-electron chi connectivity index (χ0n) is 9.82. The molecule has 0 atom stereocenters. The minimum Gasteiger partial charge on any atom is -0.384 e. The molecule has 0 aliphatic heterocycles. The molecule has 0 saturated heterocycles. The van der Waals surface area contributed by atoms with Crippen molar-refractivity contribution in [1.82, 2.24) is 0 Å². The van der Waals surface area contributed by atoms with E-state index in [0.29, 0.717) is 11.8 Å². The molecule has 1 aliphatic carbocycles. The van der Waals surface area contributed by atoms with E-state index in [4.69, 9.17) is 4.74 Å². The first-order valence-electron chi connectivity index (χ1n) is 5.84. The average Bonchev–Trinajstić information content (AvgIpc) is 2.83. The lowest BCUT2D eigenvalue weighted by Crippen LogP contribution is -2.10. The lowest BCUT2D eigenvalue weighted by atomic mass is 9.98. The van der Waals surface area contributed by atoms with Crippen LogP contribution in [0.25, 0.3) is 0 Å². The molecule has 90 valence electrons. The van der Waals surface area contributed by atoms with Crippen LogP contribution in [0.1, 0.15) is 51.9 Å². The largest absolute Gasteiger partial charge is 0.384 e. The number of hydrogen-bond acceptors (Lipinski definition) is 1. The molecule has 15 heavy (non-hydrogen) atoms. The Bertz CT molecular complexity index is 183. The van der Waals surface area contributed by atoms with Gasteiger partial charge >= 0.3 is 0 Å². The molecule has 1 rings (SSSR count). The van der Waals surface area contributed by atoms with E-state index in [1.165, 1.54) is 12.8 Å². The molecule has 0 aromatic heterocycles. The van der Waals surface area contributed by atoms with Gasteiger partial charge in [0.15, 0.2) is 0 Å². The second kappa shape index (κ2) is 5.24. The molecule has 0 amide bonds. The number of halogens is 2. The van der Waals surface area contributed by atoms with E-state index in [1.807, 2.05) is 0 Å². The molecule has 1 saturated carbocycles. The van der Waals surface area contributed by atoms with Gasteiger partial charge in [-0.3, -0.25) is 0 Å². The Labute approximate surface area is 91.2 Å². The fourth-order valence-electron chi connectivity index (χ4n) is 2.06. The number of hydrogen-bond donors (Lipinski definition) is 0. The smallest absolute Gasteiger partial charge is 0.245 e. The summed E-state index contributed by atoms with van der Waals surface area (Å²) in [5.74, 6) is -2.48. The van der Waals surface area contributed by atoms with Crippen LogP contribution < -0.4 is 0 Å². The molecule has 0 aromatic carbocycles. The summed E-state index contributed by atoms with van der Waals surface area (Å²) in [5, 5.41) is 0. The Hall–Kier alpha value is -0.180. The molecule has 1 aliphatic rings. The number of methoxy groups -OCH3 is 1. The third-order valence-electron chi connectivity index (χ3n) is 3.23. The molecule has 0 radical (unpaired) electrons. The van der Waals surface area contributed by atoms with Gasteiger partial charge in [-0.25, -0.2) is 8.78 Å². The van der Waals surface area contributed by atoms with Gasteiger partial charge in [0.1, 0.15) is 0 Å². The van der Waals surface area contributed by atoms with Crippen LogP contribution in [0.2, 0.25) is 0 Å². The zero-order chi connectivity index (χ0) is 11.4. The molecule has 0 spiro atoms. The lowest BCUT2D eigenvalue weighted by Gasteiger charge is -2.14. The molecule has 0 unspecified atom stereocenters. The standard InChI is InChI=1S/C12H22F2O/c1-11(13,14)6-4-3-5-7-12(8-9-12)10-15-2/h3-10H2,1-2H3. The van der Waals surface area contributed by atoms with Crippen LogP contribution in [0.4, 0.5) is 8.78 Å². The fraction of sp³-hybridized carbons (Fsp3) is 1.00. The monoisotopic (exact) mass is 220 g/mol. The molecule has 1 nitrogen and oxygen atoms in total. The van der Waals surface area contributed by atoms with Gasteiger partial charge in [-0.1, -0.05) is 12.8 Å². The van der Waals surface area contributed by atoms with Crippen molar-refractivity contribution in [2.45, 2.75) is 57.8 Å². The Kier molecular flexibility index (Phi) is 4.50. The highest BCUT2D eigenvalue weighted by Crippen LogP contribution is 2.50. The summed E-state index contributed by atoms with van der Waals surface area (Å²) in [4.78, 5) is 0. The highest BCUT2D eigenvalue weighted by atomic mass is 19.3. The van der Waals surface area contributed by atoms with Crippen LogP contribution in [0.3, 0.4) is 0 Å². The number of unbranched alkanes of at least 4 members (excludes halogenated alkanes) is 2. The molecular formula is C12H22F2O. The maximum Gasteiger partial charge on any atom is 0.245 e. The third-order valence-corrected chi connectivity index (χ3v) is 3.23. The molecule has 0 N–H and O–H groups in total. The summed E-state index contributed by atoms with van der Waals surface area (Å²) in [6.45, 7) is 1.84. The van der Waals surface area contributed by atoms with Gasteiger partial charge in [0.25, 0.3) is 0 Å². The average molecular weight is 220 g/mol. The first-order chi connectivity index (χ1) is 6.97. The topological polar surface area (TPSA) is 9.23 Å². The van der Waals surface area contributed by atoms with E-state index >= 15 is 0 Å². The van der Waals surface area contributed by atoms with Crippen molar-refractivity contribution >= 4 is 0 Å². The Balaban J connectivity index is 1.98. The van der Waals surface area contributed by atoms with Gasteiger partial charge in [0.2, 0.25) is 5.92 Å². The SMILES string of the molecule is COCC1(CCCCCC(C)(F)F)CC1. The third kappa shape index (κ3) is 5.45. The quantitative estimate of drug-likeness (QED) is 0.561. The van der Waals surface area contributed by atoms with Crippen LogP contribution in [0, 0.1) is 5.41 Å². The van der Waals surface area contributed by atoms with Crippen LogP contribution in [-0.2, 0) is 4.74 Å². The highest BCUT2D eigenvalue weighted by molar-refractivity contribution is 4.92. The van der Waals surface area contributed by atoms with E-state index in [2.05, 4.69) is 0 Å². The molecule has 1 fully saturated rings. The van der Waals surface area contributed by atoms with E-state index in [-0.39, 0.29) is 6.42 Å². The predicted molar refractivity (Wildman–Crippen MR) is 57.2 cm³/mol. The lowest BCUT2D eigenvalue weighted by molar-refractivity contribution is 0.0102. The van der Waals surface area contributed by atoms with E-state index in [9.17, 15) is 8.78 Å². The van der Waals surface area contributed by atoms with Crippen LogP contribution in [-0.4, -0.2) is 19.6 Å². The summed E-state index contributed by atoms with van der Waals surface area (Å²) in [7, 11) is 1.73. The van der Waals surface area contributed by atoms with Gasteiger partial charge in [-0.2, -0.15) is 0 Å². The van der Waals surface area contributed by atoms with Crippen molar-refractivity contribution in [2.24, 2.45) is 5.41 Å². The number of alkyl halides is 2. The van der Waals surface area contributed by atoms with E-state index < -0.39 is 5.92 Å². The normalized spacial score (nSPS) is 19.2. The maximum absolute atomic E-state index is 12.5. The Morgan fingerprint density at radius 2 is 1.87 bits per heavy atom. The van der Waals surface area contributed by atoms with Gasteiger partial charge in [0.05, 0.1) is 6.61 Å². The second-order valence-electron chi connectivity index (χ2n) is 5.06. The molecule has 3 heteroatoms. The number of rotatable bonds is 8. The van der Waals surface area contributed by atoms with Crippen LogP contribution in [0.15, 0.2) is 0 Å². The second-order valence-corrected chi connectivity index (χ2v) is 5.06. The minimum absolute atomic E-state index is 0.0320. The predicted octanol–water partition coefficient (Wildman–Crippen LogP) is 4.02. The van der Waals surface area contributed by atoms with Gasteiger partial charge in [-0.05, 0) is 38.0 Å². The Morgan fingerprint density at radius 3 is 2.33 bits per heavy atom. The number of ether oxygens (including phenoxy) is 1. The first-order valence-corrected chi connectivity index (χ1v) is 5.84. The van der Waals surface area contributed by atoms with Crippen molar-refractivity contribution in [2.75, 3.05) is 13.7 Å².